The molecule has 2 heterocycles. The van der Waals surface area contributed by atoms with Crippen molar-refractivity contribution in [2.45, 2.75) is 6.42 Å². The Balaban J connectivity index is 2.37. The zero-order chi connectivity index (χ0) is 9.38. The van der Waals surface area contributed by atoms with Crippen molar-refractivity contribution in [2.75, 3.05) is 5.32 Å². The van der Waals surface area contributed by atoms with Gasteiger partial charge in [-0.2, -0.15) is 0 Å². The fraction of sp³-hybridized carbons (Fsp3) is 0.0833. The minimum atomic E-state index is 0.995. The smallest absolute Gasteiger partial charge is 0.0939 e. The molecule has 1 N–H and O–H groups in total. The van der Waals surface area contributed by atoms with E-state index in [0.29, 0.717) is 0 Å². The molecule has 2 nitrogen and oxygen atoms in total. The first-order valence-corrected chi connectivity index (χ1v) is 4.73. The van der Waals surface area contributed by atoms with Crippen molar-refractivity contribution < 1.29 is 0 Å². The van der Waals surface area contributed by atoms with E-state index in [1.165, 1.54) is 10.9 Å². The van der Waals surface area contributed by atoms with Crippen molar-refractivity contribution in [1.29, 1.82) is 0 Å². The maximum Gasteiger partial charge on any atom is 0.0939 e. The van der Waals surface area contributed by atoms with Crippen LogP contribution in [0, 0.1) is 0 Å². The van der Waals surface area contributed by atoms with E-state index in [0.717, 1.165) is 17.6 Å². The second kappa shape index (κ2) is 2.84. The molecule has 0 amide bonds. The van der Waals surface area contributed by atoms with Crippen LogP contribution in [0.1, 0.15) is 5.56 Å². The van der Waals surface area contributed by atoms with Gasteiger partial charge in [-0.3, -0.25) is 4.98 Å². The normalized spacial score (nSPS) is 13.7. The number of benzene rings is 1. The van der Waals surface area contributed by atoms with E-state index in [2.05, 4.69) is 34.6 Å². The van der Waals surface area contributed by atoms with Gasteiger partial charge in [0.2, 0.25) is 0 Å². The van der Waals surface area contributed by atoms with Gasteiger partial charge in [-0.1, -0.05) is 24.3 Å². The second-order valence-electron chi connectivity index (χ2n) is 3.43. The number of aromatic nitrogens is 1. The van der Waals surface area contributed by atoms with Crippen LogP contribution < -0.4 is 5.32 Å². The molecule has 3 rings (SSSR count). The van der Waals surface area contributed by atoms with E-state index in [1.807, 2.05) is 18.5 Å². The third-order valence-corrected chi connectivity index (χ3v) is 2.54. The lowest BCUT2D eigenvalue weighted by atomic mass is 10.0. The SMILES string of the molecule is C1=CNc2c(ccc3cccnc23)C1. The van der Waals surface area contributed by atoms with Crippen molar-refractivity contribution >= 4 is 16.6 Å². The Morgan fingerprint density at radius 2 is 2.21 bits per heavy atom. The Labute approximate surface area is 82.3 Å². The molecule has 0 radical (unpaired) electrons. The zero-order valence-corrected chi connectivity index (χ0v) is 7.70. The van der Waals surface area contributed by atoms with Crippen molar-refractivity contribution in [2.24, 2.45) is 0 Å². The topological polar surface area (TPSA) is 24.9 Å². The van der Waals surface area contributed by atoms with Crippen molar-refractivity contribution in [3.8, 4) is 0 Å². The molecule has 0 bridgehead atoms. The summed E-state index contributed by atoms with van der Waals surface area (Å²) in [6, 6.07) is 8.34. The first-order chi connectivity index (χ1) is 6.95. The van der Waals surface area contributed by atoms with Crippen LogP contribution in [0.4, 0.5) is 5.69 Å². The van der Waals surface area contributed by atoms with Gasteiger partial charge in [0, 0.05) is 11.6 Å². The minimum absolute atomic E-state index is 0.995. The summed E-state index contributed by atoms with van der Waals surface area (Å²) in [7, 11) is 0. The molecule has 2 aromatic rings. The summed E-state index contributed by atoms with van der Waals surface area (Å²) in [6.07, 6.45) is 6.94. The lowest BCUT2D eigenvalue weighted by Crippen LogP contribution is -2.01. The van der Waals surface area contributed by atoms with Gasteiger partial charge in [0.1, 0.15) is 0 Å². The number of hydrogen-bond acceptors (Lipinski definition) is 2. The molecule has 0 aliphatic carbocycles. The van der Waals surface area contributed by atoms with Crippen LogP contribution in [-0.2, 0) is 6.42 Å². The second-order valence-corrected chi connectivity index (χ2v) is 3.43. The maximum atomic E-state index is 4.40. The lowest BCUT2D eigenvalue weighted by Gasteiger charge is -2.14. The summed E-state index contributed by atoms with van der Waals surface area (Å²) in [5.74, 6) is 0. The Hall–Kier alpha value is -1.83. The predicted octanol–water partition coefficient (Wildman–Crippen LogP) is 2.72. The van der Waals surface area contributed by atoms with Gasteiger partial charge >= 0.3 is 0 Å². The fourth-order valence-electron chi connectivity index (χ4n) is 1.85. The Morgan fingerprint density at radius 3 is 3.21 bits per heavy atom. The number of allylic oxidation sites excluding steroid dienone is 1. The number of nitrogens with one attached hydrogen (secondary N) is 1. The van der Waals surface area contributed by atoms with Gasteiger partial charge in [-0.05, 0) is 24.3 Å². The number of rotatable bonds is 0. The molecule has 68 valence electrons. The highest BCUT2D eigenvalue weighted by Crippen LogP contribution is 2.28. The summed E-state index contributed by atoms with van der Waals surface area (Å²) < 4.78 is 0. The predicted molar refractivity (Wildman–Crippen MR) is 58.2 cm³/mol. The van der Waals surface area contributed by atoms with Crippen LogP contribution in [0.3, 0.4) is 0 Å². The highest BCUT2D eigenvalue weighted by Gasteiger charge is 2.08. The van der Waals surface area contributed by atoms with Crippen LogP contribution in [0.25, 0.3) is 10.9 Å². The van der Waals surface area contributed by atoms with Crippen molar-refractivity contribution in [1.82, 2.24) is 4.98 Å². The third kappa shape index (κ3) is 1.01. The molecule has 0 spiro atoms. The van der Waals surface area contributed by atoms with Gasteiger partial charge < -0.3 is 5.32 Å². The van der Waals surface area contributed by atoms with Crippen LogP contribution >= 0.6 is 0 Å². The van der Waals surface area contributed by atoms with Crippen LogP contribution in [0.2, 0.25) is 0 Å². The molecule has 1 aliphatic rings. The van der Waals surface area contributed by atoms with Crippen molar-refractivity contribution in [3.05, 3.63) is 48.3 Å². The fourth-order valence-corrected chi connectivity index (χ4v) is 1.85. The quantitative estimate of drug-likeness (QED) is 0.677. The van der Waals surface area contributed by atoms with E-state index in [9.17, 15) is 0 Å². The van der Waals surface area contributed by atoms with E-state index in [4.69, 9.17) is 0 Å². The van der Waals surface area contributed by atoms with E-state index < -0.39 is 0 Å². The number of nitrogens with zero attached hydrogens (tertiary/aromatic N) is 1. The van der Waals surface area contributed by atoms with Gasteiger partial charge in [-0.25, -0.2) is 0 Å². The van der Waals surface area contributed by atoms with Gasteiger partial charge in [0.05, 0.1) is 11.2 Å². The summed E-state index contributed by atoms with van der Waals surface area (Å²) >= 11 is 0. The highest BCUT2D eigenvalue weighted by molar-refractivity contribution is 5.92. The highest BCUT2D eigenvalue weighted by atomic mass is 14.9. The maximum absolute atomic E-state index is 4.40. The largest absolute Gasteiger partial charge is 0.360 e. The summed E-state index contributed by atoms with van der Waals surface area (Å²) in [5, 5.41) is 4.45. The van der Waals surface area contributed by atoms with E-state index in [-0.39, 0.29) is 0 Å². The summed E-state index contributed by atoms with van der Waals surface area (Å²) in [6.45, 7) is 0. The molecular weight excluding hydrogens is 172 g/mol. The summed E-state index contributed by atoms with van der Waals surface area (Å²) in [5.41, 5.74) is 3.54. The molecule has 0 fully saturated rings. The first-order valence-electron chi connectivity index (χ1n) is 4.73. The number of anilines is 1. The molecule has 1 aliphatic heterocycles. The number of hydrogen-bond donors (Lipinski definition) is 1. The average molecular weight is 182 g/mol. The number of pyridine rings is 1. The lowest BCUT2D eigenvalue weighted by molar-refractivity contribution is 1.22. The Bertz CT molecular complexity index is 515. The molecule has 2 heteroatoms. The van der Waals surface area contributed by atoms with Crippen molar-refractivity contribution in [3.63, 3.8) is 0 Å². The molecule has 0 atom stereocenters. The first kappa shape index (κ1) is 7.56. The van der Waals surface area contributed by atoms with E-state index >= 15 is 0 Å². The van der Waals surface area contributed by atoms with Crippen LogP contribution in [0.15, 0.2) is 42.7 Å². The molecular formula is C12H10N2. The summed E-state index contributed by atoms with van der Waals surface area (Å²) in [4.78, 5) is 4.40. The molecule has 1 aromatic carbocycles. The third-order valence-electron chi connectivity index (χ3n) is 2.54. The van der Waals surface area contributed by atoms with Crippen LogP contribution in [-0.4, -0.2) is 4.98 Å². The molecule has 14 heavy (non-hydrogen) atoms. The zero-order valence-electron chi connectivity index (χ0n) is 7.70. The minimum Gasteiger partial charge on any atom is -0.360 e. The standard InChI is InChI=1S/C12H10N2/c1-3-9-5-6-10-4-2-8-14-12(10)11(9)13-7-1/h1-3,5-8,14H,4H2. The molecule has 1 aromatic heterocycles. The molecule has 0 unspecified atom stereocenters. The average Bonchev–Trinajstić information content (AvgIpc) is 2.29. The van der Waals surface area contributed by atoms with Gasteiger partial charge in [0.15, 0.2) is 0 Å². The Kier molecular flexibility index (Phi) is 1.53. The van der Waals surface area contributed by atoms with E-state index in [1.54, 1.807) is 0 Å². The Morgan fingerprint density at radius 1 is 1.21 bits per heavy atom. The van der Waals surface area contributed by atoms with Gasteiger partial charge in [0.25, 0.3) is 0 Å². The monoisotopic (exact) mass is 182 g/mol. The number of fused-ring (bicyclic) bond motifs is 3. The van der Waals surface area contributed by atoms with Gasteiger partial charge in [-0.15, -0.1) is 0 Å². The molecule has 0 saturated heterocycles. The molecule has 0 saturated carbocycles. The van der Waals surface area contributed by atoms with Crippen LogP contribution in [0.5, 0.6) is 0 Å².